The van der Waals surface area contributed by atoms with E-state index in [2.05, 4.69) is 102 Å². The summed E-state index contributed by atoms with van der Waals surface area (Å²) in [6, 6.07) is 31.3. The van der Waals surface area contributed by atoms with Crippen molar-refractivity contribution in [1.82, 2.24) is 0 Å². The SMILES string of the molecule is CCC(CC(CC)c1cc[n+](Cc2ccc(SNc3ccc(O)cc3)cc2)cc1)c1ccccc1. The maximum absolute atomic E-state index is 9.40. The quantitative estimate of drug-likeness (QED) is 0.129. The predicted octanol–water partition coefficient (Wildman–Crippen LogP) is 7.92. The van der Waals surface area contributed by atoms with Crippen LogP contribution in [0.3, 0.4) is 0 Å². The van der Waals surface area contributed by atoms with E-state index in [9.17, 15) is 5.11 Å². The molecule has 0 fully saturated rings. The lowest BCUT2D eigenvalue weighted by molar-refractivity contribution is -0.688. The first kappa shape index (κ1) is 24.9. The molecule has 1 aromatic heterocycles. The van der Waals surface area contributed by atoms with Crippen molar-refractivity contribution in [3.05, 3.63) is 120 Å². The van der Waals surface area contributed by atoms with Crippen LogP contribution in [0, 0.1) is 0 Å². The number of phenols is 1. The average Bonchev–Trinajstić information content (AvgIpc) is 2.91. The molecule has 0 saturated heterocycles. The number of rotatable bonds is 11. The Kier molecular flexibility index (Phi) is 8.85. The van der Waals surface area contributed by atoms with Gasteiger partial charge in [0, 0.05) is 28.3 Å². The Bertz CT molecular complexity index is 1160. The number of hydrogen-bond donors (Lipinski definition) is 2. The Labute approximate surface area is 214 Å². The highest BCUT2D eigenvalue weighted by Crippen LogP contribution is 2.33. The molecule has 2 unspecified atom stereocenters. The van der Waals surface area contributed by atoms with Crippen molar-refractivity contribution in [3.8, 4) is 5.75 Å². The summed E-state index contributed by atoms with van der Waals surface area (Å²) in [7, 11) is 0. The molecule has 180 valence electrons. The molecule has 35 heavy (non-hydrogen) atoms. The molecule has 0 aliphatic rings. The Morgan fingerprint density at radius 3 is 1.94 bits per heavy atom. The van der Waals surface area contributed by atoms with Crippen LogP contribution in [0.15, 0.2) is 108 Å². The fraction of sp³-hybridized carbons (Fsp3) is 0.258. The normalized spacial score (nSPS) is 12.7. The Morgan fingerprint density at radius 1 is 0.743 bits per heavy atom. The van der Waals surface area contributed by atoms with Gasteiger partial charge in [0.1, 0.15) is 5.75 Å². The minimum atomic E-state index is 0.276. The maximum atomic E-state index is 9.40. The van der Waals surface area contributed by atoms with Crippen molar-refractivity contribution in [3.63, 3.8) is 0 Å². The van der Waals surface area contributed by atoms with Crippen LogP contribution in [0.2, 0.25) is 0 Å². The largest absolute Gasteiger partial charge is 0.508 e. The smallest absolute Gasteiger partial charge is 0.173 e. The molecule has 4 heteroatoms. The second kappa shape index (κ2) is 12.5. The fourth-order valence-corrected chi connectivity index (χ4v) is 5.16. The first-order chi connectivity index (χ1) is 17.1. The van der Waals surface area contributed by atoms with E-state index in [0.29, 0.717) is 11.8 Å². The molecule has 2 atom stereocenters. The van der Waals surface area contributed by atoms with Crippen molar-refractivity contribution >= 4 is 17.6 Å². The lowest BCUT2D eigenvalue weighted by atomic mass is 9.83. The van der Waals surface area contributed by atoms with Gasteiger partial charge in [0.25, 0.3) is 0 Å². The third-order valence-electron chi connectivity index (χ3n) is 6.66. The molecular formula is C31H35N2OS+. The average molecular weight is 484 g/mol. The molecule has 4 aromatic rings. The number of aromatic hydroxyl groups is 1. The van der Waals surface area contributed by atoms with Gasteiger partial charge < -0.3 is 9.83 Å². The predicted molar refractivity (Wildman–Crippen MR) is 147 cm³/mol. The van der Waals surface area contributed by atoms with E-state index in [4.69, 9.17) is 0 Å². The summed E-state index contributed by atoms with van der Waals surface area (Å²) in [5.41, 5.74) is 5.13. The second-order valence-corrected chi connectivity index (χ2v) is 9.94. The lowest BCUT2D eigenvalue weighted by Crippen LogP contribution is -2.33. The fourth-order valence-electron chi connectivity index (χ4n) is 4.51. The van der Waals surface area contributed by atoms with E-state index >= 15 is 0 Å². The molecule has 1 heterocycles. The molecule has 4 rings (SSSR count). The summed E-state index contributed by atoms with van der Waals surface area (Å²) < 4.78 is 5.56. The summed E-state index contributed by atoms with van der Waals surface area (Å²) in [5, 5.41) is 9.40. The number of aromatic nitrogens is 1. The lowest BCUT2D eigenvalue weighted by Gasteiger charge is -2.22. The monoisotopic (exact) mass is 483 g/mol. The summed E-state index contributed by atoms with van der Waals surface area (Å²) in [5.74, 6) is 1.46. The highest BCUT2D eigenvalue weighted by molar-refractivity contribution is 8.00. The molecule has 0 spiro atoms. The molecule has 0 aliphatic carbocycles. The molecule has 0 bridgehead atoms. The van der Waals surface area contributed by atoms with Gasteiger partial charge in [-0.05, 0) is 90.6 Å². The molecule has 3 aromatic carbocycles. The van der Waals surface area contributed by atoms with Crippen LogP contribution < -0.4 is 9.29 Å². The van der Waals surface area contributed by atoms with Crippen LogP contribution in [0.1, 0.15) is 61.6 Å². The molecule has 0 saturated carbocycles. The summed E-state index contributed by atoms with van der Waals surface area (Å²) >= 11 is 1.57. The number of nitrogens with zero attached hydrogens (tertiary/aromatic N) is 1. The van der Waals surface area contributed by atoms with E-state index in [1.807, 2.05) is 12.1 Å². The van der Waals surface area contributed by atoms with Gasteiger partial charge in [-0.25, -0.2) is 4.57 Å². The second-order valence-electron chi connectivity index (χ2n) is 9.06. The highest BCUT2D eigenvalue weighted by Gasteiger charge is 2.18. The minimum Gasteiger partial charge on any atom is -0.508 e. The van der Waals surface area contributed by atoms with Crippen LogP contribution in [0.4, 0.5) is 5.69 Å². The molecule has 0 amide bonds. The summed E-state index contributed by atoms with van der Waals surface area (Å²) in [6.45, 7) is 5.46. The topological polar surface area (TPSA) is 36.1 Å². The Morgan fingerprint density at radius 2 is 1.34 bits per heavy atom. The van der Waals surface area contributed by atoms with Gasteiger partial charge in [-0.3, -0.25) is 0 Å². The number of anilines is 1. The Hall–Kier alpha value is -3.24. The zero-order chi connectivity index (χ0) is 24.5. The summed E-state index contributed by atoms with van der Waals surface area (Å²) in [6.07, 6.45) is 7.96. The van der Waals surface area contributed by atoms with Crippen molar-refractivity contribution < 1.29 is 9.67 Å². The van der Waals surface area contributed by atoms with Gasteiger partial charge in [-0.2, -0.15) is 0 Å². The molecule has 0 aliphatic heterocycles. The highest BCUT2D eigenvalue weighted by atomic mass is 32.2. The Balaban J connectivity index is 1.33. The zero-order valence-corrected chi connectivity index (χ0v) is 21.4. The van der Waals surface area contributed by atoms with Crippen molar-refractivity contribution in [2.24, 2.45) is 0 Å². The first-order valence-corrected chi connectivity index (χ1v) is 13.3. The molecular weight excluding hydrogens is 448 g/mol. The maximum Gasteiger partial charge on any atom is 0.173 e. The van der Waals surface area contributed by atoms with Gasteiger partial charge in [-0.15, -0.1) is 0 Å². The summed E-state index contributed by atoms with van der Waals surface area (Å²) in [4.78, 5) is 1.15. The van der Waals surface area contributed by atoms with E-state index < -0.39 is 0 Å². The minimum absolute atomic E-state index is 0.276. The van der Waals surface area contributed by atoms with Crippen molar-refractivity contribution in [1.29, 1.82) is 0 Å². The van der Waals surface area contributed by atoms with E-state index in [1.54, 1.807) is 24.1 Å². The van der Waals surface area contributed by atoms with E-state index in [0.717, 1.165) is 23.5 Å². The zero-order valence-electron chi connectivity index (χ0n) is 20.6. The number of hydrogen-bond acceptors (Lipinski definition) is 3. The third-order valence-corrected chi connectivity index (χ3v) is 7.50. The van der Waals surface area contributed by atoms with Crippen LogP contribution in [0.25, 0.3) is 0 Å². The van der Waals surface area contributed by atoms with Crippen molar-refractivity contribution in [2.45, 2.75) is 56.4 Å². The van der Waals surface area contributed by atoms with Crippen LogP contribution in [0.5, 0.6) is 5.75 Å². The number of benzene rings is 3. The van der Waals surface area contributed by atoms with E-state index in [1.165, 1.54) is 29.5 Å². The first-order valence-electron chi connectivity index (χ1n) is 12.5. The third kappa shape index (κ3) is 7.12. The molecule has 3 nitrogen and oxygen atoms in total. The standard InChI is InChI=1S/C31H34N2OS/c1-3-25(27-8-6-5-7-9-27)22-26(4-2)28-18-20-33(21-19-28)23-24-10-16-31(17-11-24)35-32-29-12-14-30(34)15-13-29/h5-21,25-26,32H,3-4,22-23H2,1-2H3/p+1. The van der Waals surface area contributed by atoms with Crippen molar-refractivity contribution in [2.75, 3.05) is 4.72 Å². The number of pyridine rings is 1. The van der Waals surface area contributed by atoms with Gasteiger partial charge >= 0.3 is 0 Å². The van der Waals surface area contributed by atoms with Gasteiger partial charge in [-0.1, -0.05) is 56.3 Å². The van der Waals surface area contributed by atoms with Crippen LogP contribution >= 0.6 is 11.9 Å². The van der Waals surface area contributed by atoms with Crippen LogP contribution in [-0.2, 0) is 6.54 Å². The number of nitrogens with one attached hydrogen (secondary N) is 1. The number of phenolic OH excluding ortho intramolecular Hbond substituents is 1. The molecule has 2 N–H and O–H groups in total. The van der Waals surface area contributed by atoms with Gasteiger partial charge in [0.05, 0.1) is 0 Å². The van der Waals surface area contributed by atoms with Gasteiger partial charge in [0.15, 0.2) is 18.9 Å². The van der Waals surface area contributed by atoms with Crippen LogP contribution in [-0.4, -0.2) is 5.11 Å². The van der Waals surface area contributed by atoms with Gasteiger partial charge in [0.2, 0.25) is 0 Å². The van der Waals surface area contributed by atoms with E-state index in [-0.39, 0.29) is 5.75 Å². The molecule has 0 radical (unpaired) electrons.